The van der Waals surface area contributed by atoms with Gasteiger partial charge in [-0.25, -0.2) is 0 Å². The highest BCUT2D eigenvalue weighted by atomic mass is 16.6. The first-order valence-corrected chi connectivity index (χ1v) is 7.00. The SMILES string of the molecule is NC1(C(=O)O)CCC(c2ccc3c(c2)OCCO3)CC1. The first-order chi connectivity index (χ1) is 9.58. The van der Waals surface area contributed by atoms with E-state index in [4.69, 9.17) is 20.3 Å². The maximum atomic E-state index is 11.1. The van der Waals surface area contributed by atoms with Crippen LogP contribution in [0.2, 0.25) is 0 Å². The molecule has 1 fully saturated rings. The van der Waals surface area contributed by atoms with Crippen molar-refractivity contribution in [2.45, 2.75) is 37.1 Å². The van der Waals surface area contributed by atoms with Gasteiger partial charge in [0.1, 0.15) is 18.8 Å². The molecule has 1 aromatic carbocycles. The monoisotopic (exact) mass is 277 g/mol. The van der Waals surface area contributed by atoms with Crippen molar-refractivity contribution in [2.75, 3.05) is 13.2 Å². The number of hydrogen-bond acceptors (Lipinski definition) is 4. The summed E-state index contributed by atoms with van der Waals surface area (Å²) in [5.41, 5.74) is 6.04. The van der Waals surface area contributed by atoms with Crippen molar-refractivity contribution in [1.82, 2.24) is 0 Å². The zero-order valence-electron chi connectivity index (χ0n) is 11.3. The zero-order valence-corrected chi connectivity index (χ0v) is 11.3. The fraction of sp³-hybridized carbons (Fsp3) is 0.533. The van der Waals surface area contributed by atoms with Gasteiger partial charge in [-0.15, -0.1) is 0 Å². The lowest BCUT2D eigenvalue weighted by Crippen LogP contribution is -2.50. The normalized spacial score (nSPS) is 28.9. The summed E-state index contributed by atoms with van der Waals surface area (Å²) in [4.78, 5) is 11.1. The Labute approximate surface area is 117 Å². The molecule has 0 saturated heterocycles. The van der Waals surface area contributed by atoms with Gasteiger partial charge >= 0.3 is 5.97 Å². The van der Waals surface area contributed by atoms with Crippen molar-refractivity contribution in [2.24, 2.45) is 5.73 Å². The molecule has 1 aliphatic heterocycles. The van der Waals surface area contributed by atoms with Gasteiger partial charge in [-0.3, -0.25) is 4.79 Å². The number of fused-ring (bicyclic) bond motifs is 1. The van der Waals surface area contributed by atoms with Crippen molar-refractivity contribution >= 4 is 5.97 Å². The lowest BCUT2D eigenvalue weighted by atomic mass is 9.74. The Balaban J connectivity index is 1.74. The molecule has 1 saturated carbocycles. The highest BCUT2D eigenvalue weighted by Crippen LogP contribution is 2.40. The second kappa shape index (κ2) is 4.98. The quantitative estimate of drug-likeness (QED) is 0.862. The van der Waals surface area contributed by atoms with Crippen molar-refractivity contribution in [3.63, 3.8) is 0 Å². The number of carboxylic acids is 1. The molecule has 1 heterocycles. The third-order valence-electron chi connectivity index (χ3n) is 4.34. The Hall–Kier alpha value is -1.75. The molecule has 0 radical (unpaired) electrons. The minimum atomic E-state index is -1.05. The van der Waals surface area contributed by atoms with Crippen molar-refractivity contribution in [3.8, 4) is 11.5 Å². The van der Waals surface area contributed by atoms with E-state index in [1.165, 1.54) is 5.56 Å². The van der Waals surface area contributed by atoms with E-state index in [-0.39, 0.29) is 0 Å². The number of rotatable bonds is 2. The topological polar surface area (TPSA) is 81.8 Å². The summed E-state index contributed by atoms with van der Waals surface area (Å²) in [7, 11) is 0. The lowest BCUT2D eigenvalue weighted by Gasteiger charge is -2.34. The molecule has 1 aliphatic carbocycles. The molecule has 5 heteroatoms. The van der Waals surface area contributed by atoms with Crippen LogP contribution < -0.4 is 15.2 Å². The molecule has 0 spiro atoms. The molecule has 5 nitrogen and oxygen atoms in total. The highest BCUT2D eigenvalue weighted by molar-refractivity contribution is 5.78. The van der Waals surface area contributed by atoms with E-state index in [0.717, 1.165) is 24.3 Å². The van der Waals surface area contributed by atoms with Gasteiger partial charge in [-0.05, 0) is 49.3 Å². The standard InChI is InChI=1S/C15H19NO4/c16-15(14(17)18)5-3-10(4-6-15)11-1-2-12-13(9-11)20-8-7-19-12/h1-2,9-10H,3-8,16H2,(H,17,18). The molecule has 2 aliphatic rings. The number of ether oxygens (including phenoxy) is 2. The number of carbonyl (C=O) groups is 1. The second-order valence-electron chi connectivity index (χ2n) is 5.64. The fourth-order valence-electron chi connectivity index (χ4n) is 2.99. The number of carboxylic acid groups (broad SMARTS) is 1. The average molecular weight is 277 g/mol. The third kappa shape index (κ3) is 2.33. The molecule has 3 rings (SSSR count). The van der Waals surface area contributed by atoms with Crippen LogP contribution in [-0.4, -0.2) is 29.8 Å². The first-order valence-electron chi connectivity index (χ1n) is 7.00. The van der Waals surface area contributed by atoms with Gasteiger partial charge in [-0.2, -0.15) is 0 Å². The molecular weight excluding hydrogens is 258 g/mol. The average Bonchev–Trinajstić information content (AvgIpc) is 2.47. The zero-order chi connectivity index (χ0) is 14.2. The molecular formula is C15H19NO4. The molecule has 0 atom stereocenters. The van der Waals surface area contributed by atoms with Gasteiger partial charge in [0.25, 0.3) is 0 Å². The molecule has 108 valence electrons. The molecule has 20 heavy (non-hydrogen) atoms. The van der Waals surface area contributed by atoms with Crippen LogP contribution in [0, 0.1) is 0 Å². The lowest BCUT2D eigenvalue weighted by molar-refractivity contribution is -0.144. The Morgan fingerprint density at radius 3 is 2.50 bits per heavy atom. The molecule has 0 unspecified atom stereocenters. The van der Waals surface area contributed by atoms with E-state index in [1.54, 1.807) is 0 Å². The summed E-state index contributed by atoms with van der Waals surface area (Å²) in [6.07, 6.45) is 2.62. The minimum Gasteiger partial charge on any atom is -0.486 e. The van der Waals surface area contributed by atoms with Crippen LogP contribution in [-0.2, 0) is 4.79 Å². The maximum Gasteiger partial charge on any atom is 0.323 e. The predicted molar refractivity (Wildman–Crippen MR) is 73.2 cm³/mol. The van der Waals surface area contributed by atoms with Gasteiger partial charge in [0, 0.05) is 0 Å². The summed E-state index contributed by atoms with van der Waals surface area (Å²) in [5.74, 6) is 1.03. The van der Waals surface area contributed by atoms with Crippen LogP contribution in [0.25, 0.3) is 0 Å². The number of aliphatic carboxylic acids is 1. The van der Waals surface area contributed by atoms with Crippen molar-refractivity contribution in [3.05, 3.63) is 23.8 Å². The van der Waals surface area contributed by atoms with Gasteiger partial charge in [0.2, 0.25) is 0 Å². The molecule has 0 aromatic heterocycles. The smallest absolute Gasteiger partial charge is 0.323 e. The van der Waals surface area contributed by atoms with Gasteiger partial charge in [0.15, 0.2) is 11.5 Å². The number of hydrogen-bond donors (Lipinski definition) is 2. The van der Waals surface area contributed by atoms with Crippen LogP contribution >= 0.6 is 0 Å². The second-order valence-corrected chi connectivity index (χ2v) is 5.64. The van der Waals surface area contributed by atoms with E-state index >= 15 is 0 Å². The molecule has 3 N–H and O–H groups in total. The van der Waals surface area contributed by atoms with Crippen LogP contribution in [0.15, 0.2) is 18.2 Å². The van der Waals surface area contributed by atoms with Gasteiger partial charge in [-0.1, -0.05) is 6.07 Å². The van der Waals surface area contributed by atoms with E-state index < -0.39 is 11.5 Å². The molecule has 0 amide bonds. The molecule has 0 bridgehead atoms. The largest absolute Gasteiger partial charge is 0.486 e. The summed E-state index contributed by atoms with van der Waals surface area (Å²) >= 11 is 0. The third-order valence-corrected chi connectivity index (χ3v) is 4.34. The number of nitrogens with two attached hydrogens (primary N) is 1. The van der Waals surface area contributed by atoms with Crippen LogP contribution in [0.4, 0.5) is 0 Å². The summed E-state index contributed by atoms with van der Waals surface area (Å²) in [5, 5.41) is 9.15. The van der Waals surface area contributed by atoms with E-state index in [9.17, 15) is 4.79 Å². The van der Waals surface area contributed by atoms with Crippen LogP contribution in [0.5, 0.6) is 11.5 Å². The Morgan fingerprint density at radius 2 is 1.85 bits per heavy atom. The van der Waals surface area contributed by atoms with Crippen LogP contribution in [0.1, 0.15) is 37.2 Å². The Bertz CT molecular complexity index is 521. The first kappa shape index (κ1) is 13.2. The van der Waals surface area contributed by atoms with Gasteiger partial charge < -0.3 is 20.3 Å². The number of benzene rings is 1. The van der Waals surface area contributed by atoms with Crippen molar-refractivity contribution < 1.29 is 19.4 Å². The van der Waals surface area contributed by atoms with E-state index in [2.05, 4.69) is 0 Å². The summed E-state index contributed by atoms with van der Waals surface area (Å²) in [6.45, 7) is 1.16. The summed E-state index contributed by atoms with van der Waals surface area (Å²) in [6, 6.07) is 6.00. The Morgan fingerprint density at radius 1 is 1.20 bits per heavy atom. The Kier molecular flexibility index (Phi) is 3.30. The van der Waals surface area contributed by atoms with E-state index in [0.29, 0.717) is 32.0 Å². The molecule has 1 aromatic rings. The van der Waals surface area contributed by atoms with Crippen LogP contribution in [0.3, 0.4) is 0 Å². The minimum absolute atomic E-state index is 0.349. The van der Waals surface area contributed by atoms with Gasteiger partial charge in [0.05, 0.1) is 0 Å². The fourth-order valence-corrected chi connectivity index (χ4v) is 2.99. The maximum absolute atomic E-state index is 11.1. The highest BCUT2D eigenvalue weighted by Gasteiger charge is 2.38. The van der Waals surface area contributed by atoms with E-state index in [1.807, 2.05) is 18.2 Å². The van der Waals surface area contributed by atoms with Crippen molar-refractivity contribution in [1.29, 1.82) is 0 Å². The predicted octanol–water partition coefficient (Wildman–Crippen LogP) is 1.90. The summed E-state index contributed by atoms with van der Waals surface area (Å²) < 4.78 is 11.1.